The molecule has 1 unspecified atom stereocenters. The first-order valence-corrected chi connectivity index (χ1v) is 33.0. The predicted molar refractivity (Wildman–Crippen MR) is 356 cm³/mol. The van der Waals surface area contributed by atoms with Gasteiger partial charge >= 0.3 is 12.2 Å². The second kappa shape index (κ2) is 28.6. The van der Waals surface area contributed by atoms with Crippen molar-refractivity contribution in [2.45, 2.75) is 188 Å². The van der Waals surface area contributed by atoms with Gasteiger partial charge in [-0.1, -0.05) is 75.4 Å². The van der Waals surface area contributed by atoms with Crippen LogP contribution in [-0.4, -0.2) is 186 Å². The van der Waals surface area contributed by atoms with Crippen molar-refractivity contribution < 1.29 is 57.0 Å². The second-order valence-electron chi connectivity index (χ2n) is 29.6. The summed E-state index contributed by atoms with van der Waals surface area (Å²) in [7, 11) is 1.45. The van der Waals surface area contributed by atoms with Gasteiger partial charge in [-0.2, -0.15) is 0 Å². The molecule has 22 heteroatoms. The number of likely N-dealkylation sites (N-methyl/N-ethyl adjacent to an activating group) is 1. The standard InChI is InChI=1S/C72H97FN10O11/c1-44-37-80(54(39-79-30-31-92-42-45(79)2)40-81(44)68(91)94-71(10,11)12)41-61(85)83-43-72(13,56-29-24-48(33-58(56)83)32-47-22-26-52(73)27-23-47)66(89)74-36-60(84)75-53-28-25-50-35-59(64(87)76-57-21-17-19-49-18-15-16-20-55(49)57)82(38-51(50)34-53)65(88)62(69(4,5)6)77-63(86)46(3)78(14)67(90)93-70(7,8)9/h15-16,18,20,22-29,33-34,44-46,54,57,59,62H,17,19,21,30-32,35-43H2,1-14H3,(H,74,89)(H,75,84)(H,76,87)(H,77,86)/t44-,45-,46+,54+,57?,59+,62-,72+/m1/s1. The number of fused-ring (bicyclic) bond motifs is 3. The number of ether oxygens (including phenoxy) is 3. The van der Waals surface area contributed by atoms with Crippen LogP contribution in [0.1, 0.15) is 148 Å². The van der Waals surface area contributed by atoms with Gasteiger partial charge in [-0.3, -0.25) is 43.5 Å². The Bertz CT molecular complexity index is 3490. The van der Waals surface area contributed by atoms with Crippen LogP contribution < -0.4 is 26.2 Å². The van der Waals surface area contributed by atoms with Crippen molar-refractivity contribution in [3.05, 3.63) is 130 Å². The molecule has 0 radical (unpaired) electrons. The monoisotopic (exact) mass is 1300 g/mol. The number of amides is 8. The van der Waals surface area contributed by atoms with Crippen LogP contribution in [-0.2, 0) is 74.2 Å². The summed E-state index contributed by atoms with van der Waals surface area (Å²) in [6.07, 6.45) is 1.90. The van der Waals surface area contributed by atoms with E-state index in [2.05, 4.69) is 44.1 Å². The molecule has 508 valence electrons. The number of aryl methyl sites for hydroxylation is 1. The van der Waals surface area contributed by atoms with Gasteiger partial charge in [0.25, 0.3) is 0 Å². The smallest absolute Gasteiger partial charge is 0.410 e. The lowest BCUT2D eigenvalue weighted by Crippen LogP contribution is -2.64. The molecule has 4 aromatic rings. The van der Waals surface area contributed by atoms with Gasteiger partial charge in [-0.25, -0.2) is 14.0 Å². The topological polar surface area (TPSA) is 232 Å². The van der Waals surface area contributed by atoms with Crippen LogP contribution in [0.25, 0.3) is 0 Å². The van der Waals surface area contributed by atoms with E-state index in [9.17, 15) is 33.2 Å². The molecule has 94 heavy (non-hydrogen) atoms. The van der Waals surface area contributed by atoms with Crippen molar-refractivity contribution in [3.8, 4) is 0 Å². The Morgan fingerprint density at radius 1 is 0.798 bits per heavy atom. The average molecular weight is 1300 g/mol. The highest BCUT2D eigenvalue weighted by atomic mass is 19.1. The van der Waals surface area contributed by atoms with E-state index in [1.54, 1.807) is 68.7 Å². The molecule has 2 fully saturated rings. The van der Waals surface area contributed by atoms with Crippen molar-refractivity contribution >= 4 is 59.0 Å². The Hall–Kier alpha value is -7.95. The third-order valence-corrected chi connectivity index (χ3v) is 18.8. The van der Waals surface area contributed by atoms with Crippen LogP contribution in [0, 0.1) is 11.2 Å². The van der Waals surface area contributed by atoms with Crippen LogP contribution in [0.15, 0.2) is 84.9 Å². The maximum atomic E-state index is 15.3. The number of nitrogens with one attached hydrogen (secondary N) is 4. The molecule has 8 atom stereocenters. The number of hydrogen-bond acceptors (Lipinski definition) is 13. The minimum Gasteiger partial charge on any atom is -0.444 e. The van der Waals surface area contributed by atoms with Gasteiger partial charge in [0.15, 0.2) is 0 Å². The Kier molecular flexibility index (Phi) is 21.4. The molecule has 0 bridgehead atoms. The Morgan fingerprint density at radius 2 is 1.50 bits per heavy atom. The third kappa shape index (κ3) is 16.7. The number of halogens is 1. The number of anilines is 2. The highest BCUT2D eigenvalue weighted by molar-refractivity contribution is 6.04. The summed E-state index contributed by atoms with van der Waals surface area (Å²) in [4.78, 5) is 126. The Labute approximate surface area is 553 Å². The van der Waals surface area contributed by atoms with Crippen LogP contribution in [0.4, 0.5) is 25.4 Å². The molecule has 4 aliphatic heterocycles. The van der Waals surface area contributed by atoms with E-state index in [-0.39, 0.29) is 67.9 Å². The minimum absolute atomic E-state index is 0.0180. The molecule has 0 spiro atoms. The van der Waals surface area contributed by atoms with E-state index in [1.165, 1.54) is 29.0 Å². The van der Waals surface area contributed by atoms with Gasteiger partial charge < -0.3 is 50.2 Å². The maximum absolute atomic E-state index is 15.3. The molecule has 5 aliphatic rings. The second-order valence-corrected chi connectivity index (χ2v) is 29.6. The van der Waals surface area contributed by atoms with Gasteiger partial charge in [-0.05, 0) is 170 Å². The van der Waals surface area contributed by atoms with Gasteiger partial charge in [0.1, 0.15) is 35.1 Å². The van der Waals surface area contributed by atoms with Crippen molar-refractivity contribution in [2.24, 2.45) is 5.41 Å². The SMILES string of the molecule is C[C@@H]1COCCN1C[C@H]1CN(C(=O)OC(C)(C)C)[C@H](C)CN1CC(=O)N1C[C@](C)(C(=O)NCC(=O)Nc2ccc3c(c2)CN(C(=O)[C@@H](NC(=O)[C@H](C)N(C)C(=O)OC(C)(C)C)C(C)(C)C)[C@H](C(=O)NC2CCCc4ccccc42)C3)c2ccc(Cc3ccc(F)cc3)cc21. The fourth-order valence-corrected chi connectivity index (χ4v) is 13.3. The first kappa shape index (κ1) is 70.4. The molecule has 1 aliphatic carbocycles. The van der Waals surface area contributed by atoms with Gasteiger partial charge in [0.05, 0.1) is 37.8 Å². The van der Waals surface area contributed by atoms with E-state index >= 15 is 9.59 Å². The predicted octanol–water partition coefficient (Wildman–Crippen LogP) is 8.04. The van der Waals surface area contributed by atoms with Crippen LogP contribution in [0.2, 0.25) is 0 Å². The fourth-order valence-electron chi connectivity index (χ4n) is 13.3. The quantitative estimate of drug-likeness (QED) is 0.0833. The number of piperazine rings is 1. The van der Waals surface area contributed by atoms with Crippen molar-refractivity contribution in [1.29, 1.82) is 0 Å². The number of carbonyl (C=O) groups is 8. The maximum Gasteiger partial charge on any atom is 0.410 e. The molecular formula is C72H97FN10O11. The highest BCUT2D eigenvalue weighted by Gasteiger charge is 2.49. The zero-order valence-corrected chi connectivity index (χ0v) is 57.3. The molecule has 9 rings (SSSR count). The number of rotatable bonds is 16. The summed E-state index contributed by atoms with van der Waals surface area (Å²) < 4.78 is 31.2. The summed E-state index contributed by atoms with van der Waals surface area (Å²) >= 11 is 0. The molecule has 0 saturated carbocycles. The molecule has 2 saturated heterocycles. The summed E-state index contributed by atoms with van der Waals surface area (Å²) in [6.45, 7) is 26.0. The number of morpholine rings is 1. The largest absolute Gasteiger partial charge is 0.444 e. The Morgan fingerprint density at radius 3 is 2.19 bits per heavy atom. The molecule has 8 amide bonds. The molecule has 0 aromatic heterocycles. The lowest BCUT2D eigenvalue weighted by Gasteiger charge is -2.47. The highest BCUT2D eigenvalue weighted by Crippen LogP contribution is 2.43. The van der Waals surface area contributed by atoms with E-state index in [1.807, 2.05) is 90.9 Å². The van der Waals surface area contributed by atoms with Crippen LogP contribution in [0.3, 0.4) is 0 Å². The minimum atomic E-state index is -1.33. The number of nitrogens with zero attached hydrogens (tertiary/aromatic N) is 6. The molecule has 4 heterocycles. The lowest BCUT2D eigenvalue weighted by atomic mass is 9.83. The van der Waals surface area contributed by atoms with Gasteiger partial charge in [0.2, 0.25) is 35.4 Å². The molecule has 4 N–H and O–H groups in total. The summed E-state index contributed by atoms with van der Waals surface area (Å²) in [5, 5.41) is 12.0. The van der Waals surface area contributed by atoms with Gasteiger partial charge in [-0.15, -0.1) is 0 Å². The summed E-state index contributed by atoms with van der Waals surface area (Å²) in [5.74, 6) is -3.11. The average Bonchev–Trinajstić information content (AvgIpc) is 1.56. The first-order chi connectivity index (χ1) is 44.2. The summed E-state index contributed by atoms with van der Waals surface area (Å²) in [5.41, 5.74) is 3.07. The van der Waals surface area contributed by atoms with Crippen LogP contribution >= 0.6 is 0 Å². The fraction of sp³-hybridized carbons (Fsp3) is 0.556. The third-order valence-electron chi connectivity index (χ3n) is 18.8. The first-order valence-electron chi connectivity index (χ1n) is 33.0. The summed E-state index contributed by atoms with van der Waals surface area (Å²) in [6, 6.07) is 21.3. The zero-order valence-electron chi connectivity index (χ0n) is 57.3. The number of benzene rings is 4. The van der Waals surface area contributed by atoms with E-state index in [4.69, 9.17) is 14.2 Å². The van der Waals surface area contributed by atoms with E-state index in [0.29, 0.717) is 74.7 Å². The number of hydrogen-bond donors (Lipinski definition) is 4. The van der Waals surface area contributed by atoms with Crippen molar-refractivity contribution in [1.82, 2.24) is 40.4 Å². The van der Waals surface area contributed by atoms with E-state index < -0.39 is 82.5 Å². The van der Waals surface area contributed by atoms with Crippen LogP contribution in [0.5, 0.6) is 0 Å². The normalized spacial score (nSPS) is 22.3. The zero-order chi connectivity index (χ0) is 68.4. The van der Waals surface area contributed by atoms with Gasteiger partial charge in [0, 0.05) is 82.2 Å². The molecular weight excluding hydrogens is 1200 g/mol. The van der Waals surface area contributed by atoms with E-state index in [0.717, 1.165) is 40.7 Å². The van der Waals surface area contributed by atoms with Crippen molar-refractivity contribution in [3.63, 3.8) is 0 Å². The Balaban J connectivity index is 0.933. The molecule has 21 nitrogen and oxygen atoms in total. The number of carbonyl (C=O) groups excluding carboxylic acids is 8. The lowest BCUT2D eigenvalue weighted by molar-refractivity contribution is -0.147. The molecule has 4 aromatic carbocycles. The van der Waals surface area contributed by atoms with Crippen molar-refractivity contribution in [2.75, 3.05) is 76.3 Å².